The minimum atomic E-state index is -4.34. The van der Waals surface area contributed by atoms with E-state index >= 15 is 0 Å². The zero-order valence-electron chi connectivity index (χ0n) is 8.25. The molecule has 6 heteroatoms. The lowest BCUT2D eigenvalue weighted by molar-refractivity contribution is -0.134. The predicted molar refractivity (Wildman–Crippen MR) is 55.1 cm³/mol. The van der Waals surface area contributed by atoms with E-state index in [9.17, 15) is 13.2 Å². The summed E-state index contributed by atoms with van der Waals surface area (Å²) >= 11 is 0.621. The van der Waals surface area contributed by atoms with E-state index in [0.29, 0.717) is 22.0 Å². The molecule has 0 fully saturated rings. The Morgan fingerprint density at radius 1 is 1.25 bits per heavy atom. The van der Waals surface area contributed by atoms with E-state index in [4.69, 9.17) is 0 Å². The highest BCUT2D eigenvalue weighted by Gasteiger charge is 2.35. The molecule has 0 aliphatic carbocycles. The minimum Gasteiger partial charge on any atom is -0.254 e. The minimum absolute atomic E-state index is 0.00171. The topological polar surface area (TPSA) is 25.8 Å². The van der Waals surface area contributed by atoms with Crippen molar-refractivity contribution in [3.05, 3.63) is 35.0 Å². The molecule has 84 valence electrons. The highest BCUT2D eigenvalue weighted by molar-refractivity contribution is 7.15. The third-order valence-corrected chi connectivity index (χ3v) is 3.16. The smallest absolute Gasteiger partial charge is 0.254 e. The van der Waals surface area contributed by atoms with Gasteiger partial charge >= 0.3 is 6.18 Å². The van der Waals surface area contributed by atoms with E-state index in [1.54, 1.807) is 18.2 Å². The summed E-state index contributed by atoms with van der Waals surface area (Å²) in [5.41, 5.74) is 0.462. The Morgan fingerprint density at radius 2 is 2.00 bits per heavy atom. The number of aromatic nitrogens is 2. The van der Waals surface area contributed by atoms with Crippen LogP contribution in [0.3, 0.4) is 0 Å². The maximum absolute atomic E-state index is 12.5. The number of halogens is 3. The maximum Gasteiger partial charge on any atom is 0.427 e. The van der Waals surface area contributed by atoms with Gasteiger partial charge in [0.1, 0.15) is 9.88 Å². The van der Waals surface area contributed by atoms with Gasteiger partial charge in [-0.2, -0.15) is 13.2 Å². The van der Waals surface area contributed by atoms with Crippen LogP contribution in [0.1, 0.15) is 10.6 Å². The molecule has 0 saturated carbocycles. The molecule has 2 heterocycles. The SMILES string of the molecule is Cc1nc(-c2ccccn2)sc1C(F)(F)F. The van der Waals surface area contributed by atoms with Crippen molar-refractivity contribution in [1.82, 2.24) is 9.97 Å². The highest BCUT2D eigenvalue weighted by Crippen LogP contribution is 2.38. The van der Waals surface area contributed by atoms with E-state index in [2.05, 4.69) is 9.97 Å². The molecule has 2 nitrogen and oxygen atoms in total. The molecular formula is C10H7F3N2S. The molecule has 0 bridgehead atoms. The van der Waals surface area contributed by atoms with E-state index < -0.39 is 11.1 Å². The van der Waals surface area contributed by atoms with Gasteiger partial charge in [0, 0.05) is 6.20 Å². The lowest BCUT2D eigenvalue weighted by Gasteiger charge is -2.01. The fourth-order valence-electron chi connectivity index (χ4n) is 1.26. The van der Waals surface area contributed by atoms with Crippen molar-refractivity contribution in [3.63, 3.8) is 0 Å². The first-order chi connectivity index (χ1) is 7.48. The van der Waals surface area contributed by atoms with Gasteiger partial charge in [-0.05, 0) is 19.1 Å². The van der Waals surface area contributed by atoms with E-state index in [1.807, 2.05) is 0 Å². The quantitative estimate of drug-likeness (QED) is 0.766. The van der Waals surface area contributed by atoms with Gasteiger partial charge in [0.05, 0.1) is 11.4 Å². The van der Waals surface area contributed by atoms with Crippen LogP contribution in [0, 0.1) is 6.92 Å². The van der Waals surface area contributed by atoms with Crippen LogP contribution in [-0.4, -0.2) is 9.97 Å². The molecule has 0 aliphatic heterocycles. The summed E-state index contributed by atoms with van der Waals surface area (Å²) in [6.07, 6.45) is -2.81. The fraction of sp³-hybridized carbons (Fsp3) is 0.200. The first-order valence-corrected chi connectivity index (χ1v) is 5.26. The summed E-state index contributed by atoms with van der Waals surface area (Å²) in [6, 6.07) is 5.05. The van der Waals surface area contributed by atoms with Gasteiger partial charge in [-0.1, -0.05) is 6.07 Å². The van der Waals surface area contributed by atoms with Crippen molar-refractivity contribution in [1.29, 1.82) is 0 Å². The third kappa shape index (κ3) is 2.06. The number of nitrogens with zero attached hydrogens (tertiary/aromatic N) is 2. The average Bonchev–Trinajstić information content (AvgIpc) is 2.61. The monoisotopic (exact) mass is 244 g/mol. The van der Waals surface area contributed by atoms with Gasteiger partial charge < -0.3 is 0 Å². The van der Waals surface area contributed by atoms with Gasteiger partial charge in [0.25, 0.3) is 0 Å². The molecule has 0 N–H and O–H groups in total. The first kappa shape index (κ1) is 11.1. The number of thiazole rings is 1. The Labute approximate surface area is 93.8 Å². The lowest BCUT2D eigenvalue weighted by Crippen LogP contribution is -2.03. The van der Waals surface area contributed by atoms with Crippen LogP contribution in [0.2, 0.25) is 0 Å². The molecule has 2 aromatic rings. The maximum atomic E-state index is 12.5. The Balaban J connectivity index is 2.47. The molecular weight excluding hydrogens is 237 g/mol. The summed E-state index contributed by atoms with van der Waals surface area (Å²) < 4.78 is 37.6. The molecule has 0 atom stereocenters. The van der Waals surface area contributed by atoms with Crippen LogP contribution >= 0.6 is 11.3 Å². The van der Waals surface area contributed by atoms with Crippen molar-refractivity contribution in [3.8, 4) is 10.7 Å². The van der Waals surface area contributed by atoms with Gasteiger partial charge in [-0.15, -0.1) is 11.3 Å². The number of rotatable bonds is 1. The highest BCUT2D eigenvalue weighted by atomic mass is 32.1. The van der Waals surface area contributed by atoms with Crippen molar-refractivity contribution < 1.29 is 13.2 Å². The normalized spacial score (nSPS) is 11.8. The number of aryl methyl sites for hydroxylation is 1. The molecule has 0 aromatic carbocycles. The van der Waals surface area contributed by atoms with Gasteiger partial charge in [-0.25, -0.2) is 4.98 Å². The Kier molecular flexibility index (Phi) is 2.67. The van der Waals surface area contributed by atoms with Crippen LogP contribution in [-0.2, 0) is 6.18 Å². The van der Waals surface area contributed by atoms with Crippen LogP contribution in [0.5, 0.6) is 0 Å². The van der Waals surface area contributed by atoms with E-state index in [1.165, 1.54) is 13.1 Å². The summed E-state index contributed by atoms with van der Waals surface area (Å²) in [7, 11) is 0. The molecule has 16 heavy (non-hydrogen) atoms. The van der Waals surface area contributed by atoms with Crippen molar-refractivity contribution in [2.45, 2.75) is 13.1 Å². The van der Waals surface area contributed by atoms with Crippen LogP contribution in [0.25, 0.3) is 10.7 Å². The van der Waals surface area contributed by atoms with Crippen LogP contribution in [0.4, 0.5) is 13.2 Å². The van der Waals surface area contributed by atoms with Crippen LogP contribution < -0.4 is 0 Å². The summed E-state index contributed by atoms with van der Waals surface area (Å²) in [5, 5.41) is 0.297. The van der Waals surface area contributed by atoms with Crippen molar-refractivity contribution in [2.75, 3.05) is 0 Å². The second kappa shape index (κ2) is 3.86. The molecule has 0 radical (unpaired) electrons. The summed E-state index contributed by atoms with van der Waals surface area (Å²) in [5.74, 6) is 0. The molecule has 2 aromatic heterocycles. The predicted octanol–water partition coefficient (Wildman–Crippen LogP) is 3.53. The van der Waals surface area contributed by atoms with E-state index in [0.717, 1.165) is 0 Å². The molecule has 2 rings (SSSR count). The molecule has 0 saturated heterocycles. The Bertz CT molecular complexity index is 491. The molecule has 0 amide bonds. The summed E-state index contributed by atoms with van der Waals surface area (Å²) in [6.45, 7) is 1.35. The largest absolute Gasteiger partial charge is 0.427 e. The van der Waals surface area contributed by atoms with Gasteiger partial charge in [0.2, 0.25) is 0 Å². The Hall–Kier alpha value is -1.43. The van der Waals surface area contributed by atoms with E-state index in [-0.39, 0.29) is 5.69 Å². The Morgan fingerprint density at radius 3 is 2.50 bits per heavy atom. The zero-order chi connectivity index (χ0) is 11.8. The van der Waals surface area contributed by atoms with Crippen molar-refractivity contribution in [2.24, 2.45) is 0 Å². The molecule has 0 aliphatic rings. The molecule has 0 unspecified atom stereocenters. The fourth-order valence-corrected chi connectivity index (χ4v) is 2.17. The third-order valence-electron chi connectivity index (χ3n) is 1.94. The molecule has 0 spiro atoms. The standard InChI is InChI=1S/C10H7F3N2S/c1-6-8(10(11,12)13)16-9(15-6)7-4-2-3-5-14-7/h2-5H,1H3. The number of hydrogen-bond acceptors (Lipinski definition) is 3. The average molecular weight is 244 g/mol. The second-order valence-electron chi connectivity index (χ2n) is 3.15. The number of pyridine rings is 1. The second-order valence-corrected chi connectivity index (χ2v) is 4.15. The van der Waals surface area contributed by atoms with Gasteiger partial charge in [0.15, 0.2) is 0 Å². The number of hydrogen-bond donors (Lipinski definition) is 0. The van der Waals surface area contributed by atoms with Crippen LogP contribution in [0.15, 0.2) is 24.4 Å². The lowest BCUT2D eigenvalue weighted by atomic mass is 10.3. The van der Waals surface area contributed by atoms with Gasteiger partial charge in [-0.3, -0.25) is 4.98 Å². The zero-order valence-corrected chi connectivity index (χ0v) is 9.06. The first-order valence-electron chi connectivity index (χ1n) is 4.44. The summed E-state index contributed by atoms with van der Waals surface area (Å²) in [4.78, 5) is 7.19. The van der Waals surface area contributed by atoms with Crippen molar-refractivity contribution >= 4 is 11.3 Å². The number of alkyl halides is 3.